The van der Waals surface area contributed by atoms with Gasteiger partial charge in [-0.1, -0.05) is 163 Å². The standard InChI is InChI=1S/C50H32O/c1-2-15-33-30-47-45(29-32(33)14-1)50-44(25-12-26-46(50)51-47)49-41-22-9-7-20-39(41)48(40-21-8-10-23-42(40)49)43-28-27-38(36-18-5-6-19-37(36)43)35-24-11-16-31-13-3-4-17-34(31)35/h1-30,36-37H/i1D,2D,3D,4D,5D,6D,7D,8D,9D,10D,11D,12D,13D,14D,15D,16D,17D,18D,19D,20D,21D,22D,23D,24D,25D,26D,27D,28D,29D,30D. The molecule has 0 bridgehead atoms. The van der Waals surface area contributed by atoms with Gasteiger partial charge in [-0.3, -0.25) is 0 Å². The van der Waals surface area contributed by atoms with Gasteiger partial charge >= 0.3 is 0 Å². The average Bonchev–Trinajstić information content (AvgIpc) is 2.24. The van der Waals surface area contributed by atoms with E-state index < -0.39 is 292 Å². The molecule has 0 saturated heterocycles. The monoisotopic (exact) mass is 678 g/mol. The Morgan fingerprint density at radius 2 is 0.941 bits per heavy atom. The molecule has 8 aromatic carbocycles. The number of rotatable bonds is 3. The van der Waals surface area contributed by atoms with Gasteiger partial charge in [0.25, 0.3) is 0 Å². The summed E-state index contributed by atoms with van der Waals surface area (Å²) in [4.78, 5) is 0. The number of fused-ring (bicyclic) bond motifs is 8. The first kappa shape index (κ1) is 11.8. The number of allylic oxidation sites excluding steroid dienone is 8. The first-order valence-corrected chi connectivity index (χ1v) is 15.4. The summed E-state index contributed by atoms with van der Waals surface area (Å²) in [5, 5.41) is -6.49. The van der Waals surface area contributed by atoms with Gasteiger partial charge in [-0.15, -0.1) is 0 Å². The van der Waals surface area contributed by atoms with Crippen molar-refractivity contribution in [3.8, 4) is 11.1 Å². The van der Waals surface area contributed by atoms with Gasteiger partial charge in [0.1, 0.15) is 11.2 Å². The first-order chi connectivity index (χ1) is 37.8. The Morgan fingerprint density at radius 3 is 1.67 bits per heavy atom. The van der Waals surface area contributed by atoms with Crippen LogP contribution in [0, 0.1) is 11.8 Å². The van der Waals surface area contributed by atoms with Crippen LogP contribution in [0.2, 0.25) is 0 Å². The molecule has 0 amide bonds. The molecule has 0 fully saturated rings. The van der Waals surface area contributed by atoms with E-state index in [1.54, 1.807) is 0 Å². The molecule has 2 aliphatic carbocycles. The largest absolute Gasteiger partial charge is 0.456 e. The van der Waals surface area contributed by atoms with Gasteiger partial charge in [0.05, 0.1) is 41.1 Å². The molecule has 0 radical (unpaired) electrons. The minimum absolute atomic E-state index is 0.503. The molecule has 2 unspecified atom stereocenters. The smallest absolute Gasteiger partial charge is 0.136 e. The van der Waals surface area contributed by atoms with Crippen LogP contribution in [0.25, 0.3) is 87.3 Å². The maximum Gasteiger partial charge on any atom is 0.136 e. The molecule has 0 N–H and O–H groups in total. The van der Waals surface area contributed by atoms with Crippen LogP contribution < -0.4 is 0 Å². The molecule has 2 aliphatic rings. The molecule has 51 heavy (non-hydrogen) atoms. The maximum atomic E-state index is 10.0. The van der Waals surface area contributed by atoms with E-state index in [1.165, 1.54) is 0 Å². The summed E-state index contributed by atoms with van der Waals surface area (Å²) in [5.41, 5.74) is -5.65. The highest BCUT2D eigenvalue weighted by molar-refractivity contribution is 6.25. The molecule has 1 aromatic heterocycles. The van der Waals surface area contributed by atoms with E-state index in [0.29, 0.717) is 0 Å². The van der Waals surface area contributed by atoms with E-state index in [-0.39, 0.29) is 0 Å². The van der Waals surface area contributed by atoms with Crippen molar-refractivity contribution in [1.82, 2.24) is 0 Å². The van der Waals surface area contributed by atoms with E-state index in [4.69, 9.17) is 29.1 Å². The van der Waals surface area contributed by atoms with Crippen LogP contribution in [0.3, 0.4) is 0 Å². The van der Waals surface area contributed by atoms with Crippen LogP contribution in [-0.2, 0) is 0 Å². The van der Waals surface area contributed by atoms with Crippen LogP contribution >= 0.6 is 0 Å². The van der Waals surface area contributed by atoms with E-state index >= 15 is 0 Å². The van der Waals surface area contributed by atoms with E-state index in [2.05, 4.69) is 0 Å². The van der Waals surface area contributed by atoms with Crippen molar-refractivity contribution in [2.24, 2.45) is 11.8 Å². The highest BCUT2D eigenvalue weighted by atomic mass is 16.3. The zero-order valence-electron chi connectivity index (χ0n) is 55.6. The molecule has 9 aromatic rings. The lowest BCUT2D eigenvalue weighted by Gasteiger charge is -2.34. The second-order valence-corrected chi connectivity index (χ2v) is 11.6. The minimum atomic E-state index is -2.11. The second kappa shape index (κ2) is 11.0. The Bertz CT molecular complexity index is 4660. The number of hydrogen-bond acceptors (Lipinski definition) is 1. The van der Waals surface area contributed by atoms with E-state index in [9.17, 15) is 16.4 Å². The normalized spacial score (nSPS) is 26.5. The Hall–Kier alpha value is -6.44. The van der Waals surface area contributed by atoms with Gasteiger partial charge < -0.3 is 4.42 Å². The predicted molar refractivity (Wildman–Crippen MR) is 217 cm³/mol. The van der Waals surface area contributed by atoms with E-state index in [1.807, 2.05) is 0 Å². The zero-order valence-corrected chi connectivity index (χ0v) is 25.6. The number of hydrogen-bond donors (Lipinski definition) is 0. The second-order valence-electron chi connectivity index (χ2n) is 11.6. The van der Waals surface area contributed by atoms with Crippen molar-refractivity contribution in [2.45, 2.75) is 0 Å². The van der Waals surface area contributed by atoms with Gasteiger partial charge in [0, 0.05) is 22.6 Å². The molecule has 1 heteroatoms. The maximum absolute atomic E-state index is 10.0. The SMILES string of the molecule is [2H]C1=C([2H])C2C(c3c([2H])c([2H])c([2H])c4c([2H])c([2H])c([2H])c([2H])c34)=C([2H])C([2H])=C(c3c4c([2H])c([2H])c([2H])c([2H])c4c(-c4c([2H])c([2H])c([2H])c5oc6c([2H])c7c([2H])c([2H])c([2H])c([2H])c7c([2H])c6c45)c4c([2H])c([2H])c([2H])c([2H])c34)C2C([2H])=C1[2H]. The quantitative estimate of drug-likeness (QED) is 0.170. The molecule has 1 heterocycles. The molecule has 2 atom stereocenters. The summed E-state index contributed by atoms with van der Waals surface area (Å²) in [7, 11) is 0. The molecule has 11 rings (SSSR count). The third-order valence-electron chi connectivity index (χ3n) is 8.98. The van der Waals surface area contributed by atoms with Gasteiger partial charge in [0.2, 0.25) is 0 Å². The topological polar surface area (TPSA) is 13.1 Å². The van der Waals surface area contributed by atoms with Crippen molar-refractivity contribution in [2.75, 3.05) is 0 Å². The average molecular weight is 679 g/mol. The van der Waals surface area contributed by atoms with Gasteiger partial charge in [-0.05, 0) is 94.6 Å². The van der Waals surface area contributed by atoms with Crippen molar-refractivity contribution in [1.29, 1.82) is 0 Å². The summed E-state index contributed by atoms with van der Waals surface area (Å²) in [5.74, 6) is -4.17. The highest BCUT2D eigenvalue weighted by Gasteiger charge is 2.32. The number of benzene rings is 8. The van der Waals surface area contributed by atoms with Gasteiger partial charge in [-0.2, -0.15) is 0 Å². The fourth-order valence-electron chi connectivity index (χ4n) is 6.86. The predicted octanol–water partition coefficient (Wildman–Crippen LogP) is 13.7. The molecule has 238 valence electrons. The Balaban J connectivity index is 1.44. The molecule has 0 aliphatic heterocycles. The Kier molecular flexibility index (Phi) is 2.56. The lowest BCUT2D eigenvalue weighted by Crippen LogP contribution is -2.19. The van der Waals surface area contributed by atoms with Crippen molar-refractivity contribution in [3.05, 3.63) is 192 Å². The van der Waals surface area contributed by atoms with Gasteiger partial charge in [-0.25, -0.2) is 0 Å². The third kappa shape index (κ3) is 4.22. The van der Waals surface area contributed by atoms with Crippen molar-refractivity contribution >= 4 is 76.2 Å². The van der Waals surface area contributed by atoms with Crippen LogP contribution in [0.4, 0.5) is 0 Å². The molecule has 0 spiro atoms. The minimum Gasteiger partial charge on any atom is -0.456 e. The molecular weight excluding hydrogens is 617 g/mol. The van der Waals surface area contributed by atoms with E-state index in [0.717, 1.165) is 0 Å². The summed E-state index contributed by atoms with van der Waals surface area (Å²) in [6, 6.07) is -28.1. The Morgan fingerprint density at radius 1 is 0.412 bits per heavy atom. The fourth-order valence-corrected chi connectivity index (χ4v) is 6.86. The molecule has 0 saturated carbocycles. The summed E-state index contributed by atoms with van der Waals surface area (Å²) in [6.45, 7) is 0. The van der Waals surface area contributed by atoms with Crippen LogP contribution in [0.1, 0.15) is 52.2 Å². The molecular formula is C50H32O. The third-order valence-corrected chi connectivity index (χ3v) is 8.98. The number of furan rings is 1. The molecule has 1 nitrogen and oxygen atoms in total. The summed E-state index contributed by atoms with van der Waals surface area (Å²) >= 11 is 0. The van der Waals surface area contributed by atoms with Crippen LogP contribution in [-0.4, -0.2) is 0 Å². The van der Waals surface area contributed by atoms with Crippen molar-refractivity contribution < 1.29 is 45.5 Å². The lowest BCUT2D eigenvalue weighted by atomic mass is 9.69. The first-order valence-electron chi connectivity index (χ1n) is 30.4. The van der Waals surface area contributed by atoms with Crippen molar-refractivity contribution in [3.63, 3.8) is 0 Å². The Labute approximate surface area is 337 Å². The fraction of sp³-hybridized carbons (Fsp3) is 0.0400. The summed E-state index contributed by atoms with van der Waals surface area (Å²) in [6.07, 6.45) is 0. The zero-order chi connectivity index (χ0) is 59.6. The van der Waals surface area contributed by atoms with Crippen LogP contribution in [0.15, 0.2) is 186 Å². The lowest BCUT2D eigenvalue weighted by molar-refractivity contribution is 0.669. The van der Waals surface area contributed by atoms with Crippen LogP contribution in [0.5, 0.6) is 0 Å². The van der Waals surface area contributed by atoms with Gasteiger partial charge in [0.15, 0.2) is 0 Å². The highest BCUT2D eigenvalue weighted by Crippen LogP contribution is 2.51. The summed E-state index contributed by atoms with van der Waals surface area (Å²) < 4.78 is 281.